The Bertz CT molecular complexity index is 927. The first-order chi connectivity index (χ1) is 12.9. The van der Waals surface area contributed by atoms with Crippen molar-refractivity contribution in [2.24, 2.45) is 0 Å². The minimum absolute atomic E-state index is 0.0856. The maximum atomic E-state index is 13.8. The smallest absolute Gasteiger partial charge is 0.277 e. The van der Waals surface area contributed by atoms with Crippen LogP contribution in [0.4, 0.5) is 15.8 Å². The van der Waals surface area contributed by atoms with Gasteiger partial charge in [-0.05, 0) is 43.3 Å². The van der Waals surface area contributed by atoms with Crippen LogP contribution in [0.15, 0.2) is 58.2 Å². The largest absolute Gasteiger partial charge is 0.411 e. The van der Waals surface area contributed by atoms with Crippen molar-refractivity contribution >= 4 is 29.0 Å². The second-order valence-electron chi connectivity index (χ2n) is 6.04. The molecule has 1 N–H and O–H groups in total. The number of hydrogen-bond acceptors (Lipinski definition) is 6. The Morgan fingerprint density at radius 1 is 1.15 bits per heavy atom. The van der Waals surface area contributed by atoms with E-state index in [1.54, 1.807) is 25.1 Å². The third kappa shape index (κ3) is 4.65. The number of anilines is 2. The molecule has 1 aromatic heterocycles. The van der Waals surface area contributed by atoms with Crippen LogP contribution in [-0.4, -0.2) is 35.4 Å². The molecular formula is C19H19FN4O2S. The lowest BCUT2D eigenvalue weighted by atomic mass is 10.2. The van der Waals surface area contributed by atoms with Crippen LogP contribution in [0.25, 0.3) is 11.5 Å². The SMILES string of the molecule is CC(Sc1nnc(-c2ccccc2F)o1)C(=O)Nc1ccc(N(C)C)cc1. The minimum atomic E-state index is -0.465. The maximum absolute atomic E-state index is 13.8. The highest BCUT2D eigenvalue weighted by Gasteiger charge is 2.20. The molecule has 0 fully saturated rings. The van der Waals surface area contributed by atoms with Crippen molar-refractivity contribution in [3.8, 4) is 11.5 Å². The third-order valence-corrected chi connectivity index (χ3v) is 4.74. The number of hydrogen-bond donors (Lipinski definition) is 1. The van der Waals surface area contributed by atoms with Crippen molar-refractivity contribution < 1.29 is 13.6 Å². The Morgan fingerprint density at radius 3 is 2.52 bits per heavy atom. The van der Waals surface area contributed by atoms with E-state index >= 15 is 0 Å². The zero-order valence-corrected chi connectivity index (χ0v) is 16.0. The fourth-order valence-electron chi connectivity index (χ4n) is 2.29. The lowest BCUT2D eigenvalue weighted by Gasteiger charge is -2.14. The number of nitrogens with zero attached hydrogens (tertiary/aromatic N) is 3. The molecule has 1 atom stereocenters. The maximum Gasteiger partial charge on any atom is 0.277 e. The van der Waals surface area contributed by atoms with Crippen LogP contribution in [0.3, 0.4) is 0 Å². The highest BCUT2D eigenvalue weighted by Crippen LogP contribution is 2.28. The van der Waals surface area contributed by atoms with Crippen molar-refractivity contribution in [2.75, 3.05) is 24.3 Å². The van der Waals surface area contributed by atoms with E-state index in [-0.39, 0.29) is 22.6 Å². The summed E-state index contributed by atoms with van der Waals surface area (Å²) < 4.78 is 19.3. The van der Waals surface area contributed by atoms with Gasteiger partial charge in [0.25, 0.3) is 11.1 Å². The van der Waals surface area contributed by atoms with Crippen LogP contribution in [0.2, 0.25) is 0 Å². The lowest BCUT2D eigenvalue weighted by molar-refractivity contribution is -0.115. The number of carbonyl (C=O) groups excluding carboxylic acids is 1. The third-order valence-electron chi connectivity index (χ3n) is 3.81. The van der Waals surface area contributed by atoms with E-state index in [4.69, 9.17) is 4.42 Å². The van der Waals surface area contributed by atoms with Crippen molar-refractivity contribution in [2.45, 2.75) is 17.4 Å². The van der Waals surface area contributed by atoms with Crippen LogP contribution in [0.1, 0.15) is 6.92 Å². The second kappa shape index (κ2) is 8.22. The second-order valence-corrected chi connectivity index (χ2v) is 7.34. The molecule has 0 aliphatic carbocycles. The van der Waals surface area contributed by atoms with E-state index in [1.807, 2.05) is 43.3 Å². The molecule has 0 radical (unpaired) electrons. The van der Waals surface area contributed by atoms with Gasteiger partial charge in [0, 0.05) is 25.5 Å². The number of amides is 1. The molecule has 140 valence electrons. The van der Waals surface area contributed by atoms with Crippen LogP contribution >= 0.6 is 11.8 Å². The average Bonchev–Trinajstić information content (AvgIpc) is 3.10. The topological polar surface area (TPSA) is 71.3 Å². The van der Waals surface area contributed by atoms with Crippen molar-refractivity contribution in [1.82, 2.24) is 10.2 Å². The van der Waals surface area contributed by atoms with Gasteiger partial charge < -0.3 is 14.6 Å². The van der Waals surface area contributed by atoms with Gasteiger partial charge in [0.05, 0.1) is 10.8 Å². The molecule has 27 heavy (non-hydrogen) atoms. The van der Waals surface area contributed by atoms with Gasteiger partial charge in [0.1, 0.15) is 5.82 Å². The highest BCUT2D eigenvalue weighted by molar-refractivity contribution is 8.00. The average molecular weight is 386 g/mol. The van der Waals surface area contributed by atoms with Gasteiger partial charge in [0.15, 0.2) is 0 Å². The molecule has 1 unspecified atom stereocenters. The molecule has 2 aromatic carbocycles. The Balaban J connectivity index is 1.62. The molecule has 8 heteroatoms. The molecule has 0 aliphatic heterocycles. The van der Waals surface area contributed by atoms with Crippen molar-refractivity contribution in [3.63, 3.8) is 0 Å². The summed E-state index contributed by atoms with van der Waals surface area (Å²) >= 11 is 1.12. The zero-order valence-electron chi connectivity index (χ0n) is 15.1. The first-order valence-electron chi connectivity index (χ1n) is 8.27. The van der Waals surface area contributed by atoms with Gasteiger partial charge in [-0.2, -0.15) is 0 Å². The van der Waals surface area contributed by atoms with E-state index in [0.717, 1.165) is 17.4 Å². The number of halogens is 1. The monoisotopic (exact) mass is 386 g/mol. The highest BCUT2D eigenvalue weighted by atomic mass is 32.2. The number of nitrogens with one attached hydrogen (secondary N) is 1. The quantitative estimate of drug-likeness (QED) is 0.644. The van der Waals surface area contributed by atoms with E-state index in [2.05, 4.69) is 15.5 Å². The summed E-state index contributed by atoms with van der Waals surface area (Å²) in [6.45, 7) is 1.74. The van der Waals surface area contributed by atoms with Crippen LogP contribution < -0.4 is 10.2 Å². The summed E-state index contributed by atoms with van der Waals surface area (Å²) in [5, 5.41) is 10.3. The first kappa shape index (κ1) is 18.9. The van der Waals surface area contributed by atoms with Gasteiger partial charge in [-0.15, -0.1) is 10.2 Å². The molecule has 3 aromatic rings. The molecular weight excluding hydrogens is 367 g/mol. The Kier molecular flexibility index (Phi) is 5.75. The Hall–Kier alpha value is -2.87. The summed E-state index contributed by atoms with van der Waals surface area (Å²) in [7, 11) is 3.90. The predicted octanol–water partition coefficient (Wildman–Crippen LogP) is 4.06. The van der Waals surface area contributed by atoms with E-state index in [0.29, 0.717) is 5.69 Å². The molecule has 0 aliphatic rings. The van der Waals surface area contributed by atoms with Crippen LogP contribution in [-0.2, 0) is 4.79 Å². The summed E-state index contributed by atoms with van der Waals surface area (Å²) in [6.07, 6.45) is 0. The lowest BCUT2D eigenvalue weighted by Crippen LogP contribution is -2.22. The standard InChI is InChI=1S/C19H19FN4O2S/c1-12(17(25)21-13-8-10-14(11-9-13)24(2)3)27-19-23-22-18(26-19)15-6-4-5-7-16(15)20/h4-12H,1-3H3,(H,21,25). The predicted molar refractivity (Wildman–Crippen MR) is 104 cm³/mol. The van der Waals surface area contributed by atoms with Crippen LogP contribution in [0.5, 0.6) is 0 Å². The zero-order chi connectivity index (χ0) is 19.4. The normalized spacial score (nSPS) is 11.9. The summed E-state index contributed by atoms with van der Waals surface area (Å²) in [4.78, 5) is 14.4. The fourth-order valence-corrected chi connectivity index (χ4v) is 2.98. The number of rotatable bonds is 6. The van der Waals surface area contributed by atoms with E-state index in [9.17, 15) is 9.18 Å². The van der Waals surface area contributed by atoms with E-state index in [1.165, 1.54) is 6.07 Å². The summed E-state index contributed by atoms with van der Waals surface area (Å²) in [6, 6.07) is 13.7. The molecule has 0 spiro atoms. The molecule has 3 rings (SSSR count). The molecule has 6 nitrogen and oxygen atoms in total. The van der Waals surface area contributed by atoms with Crippen molar-refractivity contribution in [1.29, 1.82) is 0 Å². The number of benzene rings is 2. The van der Waals surface area contributed by atoms with E-state index < -0.39 is 11.1 Å². The molecule has 0 saturated heterocycles. The molecule has 0 saturated carbocycles. The van der Waals surface area contributed by atoms with Gasteiger partial charge >= 0.3 is 0 Å². The van der Waals surface area contributed by atoms with Crippen molar-refractivity contribution in [3.05, 3.63) is 54.3 Å². The number of carbonyl (C=O) groups is 1. The van der Waals surface area contributed by atoms with Gasteiger partial charge in [-0.25, -0.2) is 4.39 Å². The molecule has 1 heterocycles. The molecule has 0 bridgehead atoms. The number of aromatic nitrogens is 2. The summed E-state index contributed by atoms with van der Waals surface area (Å²) in [5.74, 6) is -0.546. The van der Waals surface area contributed by atoms with Gasteiger partial charge in [-0.3, -0.25) is 4.79 Å². The molecule has 1 amide bonds. The van der Waals surface area contributed by atoms with Gasteiger partial charge in [-0.1, -0.05) is 23.9 Å². The first-order valence-corrected chi connectivity index (χ1v) is 9.15. The Labute approximate surface area is 160 Å². The summed E-state index contributed by atoms with van der Waals surface area (Å²) in [5.41, 5.74) is 1.98. The fraction of sp³-hybridized carbons (Fsp3) is 0.211. The van der Waals surface area contributed by atoms with Gasteiger partial charge in [0.2, 0.25) is 5.91 Å². The van der Waals surface area contributed by atoms with Crippen LogP contribution in [0, 0.1) is 5.82 Å². The Morgan fingerprint density at radius 2 is 1.85 bits per heavy atom. The minimum Gasteiger partial charge on any atom is -0.411 e. The number of thioether (sulfide) groups is 1.